The molecule has 136 valence electrons. The molecule has 1 N–H and O–H groups in total. The third-order valence-electron chi connectivity index (χ3n) is 4.96. The smallest absolute Gasteiger partial charge is 0.281 e. The fourth-order valence-electron chi connectivity index (χ4n) is 3.37. The van der Waals surface area contributed by atoms with Crippen molar-refractivity contribution < 1.29 is 14.3 Å². The molecular weight excluding hydrogens is 404 g/mol. The van der Waals surface area contributed by atoms with Gasteiger partial charge in [-0.15, -0.1) is 0 Å². The molecule has 2 heterocycles. The van der Waals surface area contributed by atoms with E-state index in [-0.39, 0.29) is 16.6 Å². The predicted octanol–water partition coefficient (Wildman–Crippen LogP) is 3.17. The Labute approximate surface area is 161 Å². The minimum Gasteiger partial charge on any atom is -0.381 e. The lowest BCUT2D eigenvalue weighted by molar-refractivity contribution is -0.121. The maximum atomic E-state index is 12.3. The van der Waals surface area contributed by atoms with Gasteiger partial charge in [0.1, 0.15) is 0 Å². The number of nitrogens with zero attached hydrogens (tertiary/aromatic N) is 1. The first-order chi connectivity index (χ1) is 12.1. The summed E-state index contributed by atoms with van der Waals surface area (Å²) >= 11 is 4.87. The lowest BCUT2D eigenvalue weighted by Crippen LogP contribution is -2.45. The zero-order valence-electron chi connectivity index (χ0n) is 14.1. The summed E-state index contributed by atoms with van der Waals surface area (Å²) in [6.45, 7) is 3.28. The van der Waals surface area contributed by atoms with E-state index in [4.69, 9.17) is 4.74 Å². The third-order valence-corrected chi connectivity index (χ3v) is 6.35. The molecule has 1 aromatic rings. The lowest BCUT2D eigenvalue weighted by atomic mass is 9.74. The van der Waals surface area contributed by atoms with Gasteiger partial charge >= 0.3 is 0 Å². The van der Waals surface area contributed by atoms with Gasteiger partial charge in [0.05, 0.1) is 0 Å². The van der Waals surface area contributed by atoms with Gasteiger partial charge in [-0.25, -0.2) is 0 Å². The highest BCUT2D eigenvalue weighted by atomic mass is 79.9. The van der Waals surface area contributed by atoms with Crippen LogP contribution in [-0.4, -0.2) is 54.6 Å². The van der Waals surface area contributed by atoms with Gasteiger partial charge in [-0.2, -0.15) is 0 Å². The van der Waals surface area contributed by atoms with Crippen molar-refractivity contribution in [2.24, 2.45) is 0 Å². The van der Waals surface area contributed by atoms with Crippen LogP contribution < -0.4 is 5.32 Å². The van der Waals surface area contributed by atoms with Crippen LogP contribution in [-0.2, 0) is 14.9 Å². The summed E-state index contributed by atoms with van der Waals surface area (Å²) in [5.41, 5.74) is 1.15. The SMILES string of the molecule is O=C(CCN1CCSC1=O)NCC1(c2cccc(Br)c2)CCOCC1. The van der Waals surface area contributed by atoms with Crippen LogP contribution in [0.5, 0.6) is 0 Å². The number of hydrogen-bond acceptors (Lipinski definition) is 4. The highest BCUT2D eigenvalue weighted by Gasteiger charge is 2.35. The van der Waals surface area contributed by atoms with Crippen LogP contribution in [0.3, 0.4) is 0 Å². The quantitative estimate of drug-likeness (QED) is 0.758. The van der Waals surface area contributed by atoms with Crippen molar-refractivity contribution in [3.05, 3.63) is 34.3 Å². The van der Waals surface area contributed by atoms with Gasteiger partial charge in [-0.05, 0) is 30.5 Å². The summed E-state index contributed by atoms with van der Waals surface area (Å²) < 4.78 is 6.59. The second-order valence-electron chi connectivity index (χ2n) is 6.53. The molecule has 7 heteroatoms. The molecule has 0 aromatic heterocycles. The molecule has 0 radical (unpaired) electrons. The van der Waals surface area contributed by atoms with Crippen LogP contribution in [0.1, 0.15) is 24.8 Å². The largest absolute Gasteiger partial charge is 0.381 e. The summed E-state index contributed by atoms with van der Waals surface area (Å²) in [4.78, 5) is 25.6. The van der Waals surface area contributed by atoms with E-state index in [0.717, 1.165) is 29.6 Å². The number of nitrogens with one attached hydrogen (secondary N) is 1. The maximum Gasteiger partial charge on any atom is 0.281 e. The molecule has 2 saturated heterocycles. The Morgan fingerprint density at radius 2 is 2.16 bits per heavy atom. The van der Waals surface area contributed by atoms with Crippen molar-refractivity contribution in [1.29, 1.82) is 0 Å². The number of halogens is 1. The van der Waals surface area contributed by atoms with Gasteiger partial charge in [0, 0.05) is 54.9 Å². The summed E-state index contributed by atoms with van der Waals surface area (Å²) in [5, 5.41) is 3.18. The van der Waals surface area contributed by atoms with Crippen molar-refractivity contribution >= 4 is 38.8 Å². The Bertz CT molecular complexity index is 635. The first-order valence-electron chi connectivity index (χ1n) is 8.61. The minimum atomic E-state index is -0.0863. The van der Waals surface area contributed by atoms with Crippen LogP contribution >= 0.6 is 27.7 Å². The van der Waals surface area contributed by atoms with Crippen molar-refractivity contribution in [3.63, 3.8) is 0 Å². The molecule has 2 aliphatic heterocycles. The van der Waals surface area contributed by atoms with E-state index in [1.54, 1.807) is 4.90 Å². The van der Waals surface area contributed by atoms with E-state index >= 15 is 0 Å². The van der Waals surface area contributed by atoms with E-state index in [0.29, 0.717) is 32.7 Å². The van der Waals surface area contributed by atoms with Crippen LogP contribution in [0.25, 0.3) is 0 Å². The monoisotopic (exact) mass is 426 g/mol. The number of ether oxygens (including phenoxy) is 1. The molecule has 3 rings (SSSR count). The van der Waals surface area contributed by atoms with Crippen molar-refractivity contribution in [2.75, 3.05) is 38.6 Å². The average molecular weight is 427 g/mol. The van der Waals surface area contributed by atoms with Crippen LogP contribution in [0.2, 0.25) is 0 Å². The Balaban J connectivity index is 1.59. The second-order valence-corrected chi connectivity index (χ2v) is 8.49. The van der Waals surface area contributed by atoms with E-state index in [2.05, 4.69) is 33.4 Å². The molecule has 0 aliphatic carbocycles. The summed E-state index contributed by atoms with van der Waals surface area (Å²) in [6.07, 6.45) is 2.15. The summed E-state index contributed by atoms with van der Waals surface area (Å²) in [7, 11) is 0. The fourth-order valence-corrected chi connectivity index (χ4v) is 4.62. The molecular formula is C18H23BrN2O3S. The Hall–Kier alpha value is -1.05. The van der Waals surface area contributed by atoms with Gasteiger partial charge < -0.3 is 15.0 Å². The summed E-state index contributed by atoms with van der Waals surface area (Å²) in [5.74, 6) is 0.831. The van der Waals surface area contributed by atoms with Crippen molar-refractivity contribution in [3.8, 4) is 0 Å². The Morgan fingerprint density at radius 3 is 2.84 bits per heavy atom. The molecule has 25 heavy (non-hydrogen) atoms. The summed E-state index contributed by atoms with van der Waals surface area (Å²) in [6, 6.07) is 8.31. The van der Waals surface area contributed by atoms with E-state index in [1.807, 2.05) is 12.1 Å². The van der Waals surface area contributed by atoms with E-state index in [9.17, 15) is 9.59 Å². The maximum absolute atomic E-state index is 12.3. The van der Waals surface area contributed by atoms with Gasteiger partial charge in [-0.1, -0.05) is 39.8 Å². The molecule has 2 fully saturated rings. The molecule has 0 atom stereocenters. The van der Waals surface area contributed by atoms with Gasteiger partial charge in [-0.3, -0.25) is 9.59 Å². The zero-order valence-corrected chi connectivity index (χ0v) is 16.5. The molecule has 0 unspecified atom stereocenters. The minimum absolute atomic E-state index is 0.00515. The number of carbonyl (C=O) groups excluding carboxylic acids is 2. The zero-order chi connectivity index (χ0) is 17.7. The molecule has 2 aliphatic rings. The standard InChI is InChI=1S/C18H23BrN2O3S/c19-15-3-1-2-14(12-15)18(5-9-24-10-6-18)13-20-16(22)4-7-21-8-11-25-17(21)23/h1-3,12H,4-11,13H2,(H,20,22). The number of hydrogen-bond donors (Lipinski definition) is 1. The van der Waals surface area contributed by atoms with E-state index in [1.165, 1.54) is 17.3 Å². The molecule has 2 amide bonds. The number of rotatable bonds is 6. The number of benzene rings is 1. The van der Waals surface area contributed by atoms with Crippen LogP contribution in [0.4, 0.5) is 4.79 Å². The lowest BCUT2D eigenvalue weighted by Gasteiger charge is -2.38. The van der Waals surface area contributed by atoms with Crippen molar-refractivity contribution in [2.45, 2.75) is 24.7 Å². The topological polar surface area (TPSA) is 58.6 Å². The van der Waals surface area contributed by atoms with Crippen molar-refractivity contribution in [1.82, 2.24) is 10.2 Å². The van der Waals surface area contributed by atoms with Crippen LogP contribution in [0.15, 0.2) is 28.7 Å². The third kappa shape index (κ3) is 4.77. The average Bonchev–Trinajstić information content (AvgIpc) is 3.04. The molecule has 0 spiro atoms. The van der Waals surface area contributed by atoms with E-state index < -0.39 is 0 Å². The molecule has 1 aromatic carbocycles. The molecule has 5 nitrogen and oxygen atoms in total. The fraction of sp³-hybridized carbons (Fsp3) is 0.556. The first-order valence-corrected chi connectivity index (χ1v) is 10.4. The van der Waals surface area contributed by atoms with Gasteiger partial charge in [0.15, 0.2) is 0 Å². The van der Waals surface area contributed by atoms with Gasteiger partial charge in [0.2, 0.25) is 5.91 Å². The normalized spacial score (nSPS) is 19.9. The second kappa shape index (κ2) is 8.56. The predicted molar refractivity (Wildman–Crippen MR) is 103 cm³/mol. The highest BCUT2D eigenvalue weighted by molar-refractivity contribution is 9.10. The Morgan fingerprint density at radius 1 is 1.36 bits per heavy atom. The number of thioether (sulfide) groups is 1. The molecule has 0 saturated carbocycles. The Kier molecular flexibility index (Phi) is 6.41. The number of carbonyl (C=O) groups is 2. The molecule has 0 bridgehead atoms. The highest BCUT2D eigenvalue weighted by Crippen LogP contribution is 2.35. The number of amides is 2. The van der Waals surface area contributed by atoms with Gasteiger partial charge in [0.25, 0.3) is 5.24 Å². The van der Waals surface area contributed by atoms with Crippen LogP contribution in [0, 0.1) is 0 Å². The first kappa shape index (κ1) is 18.7.